The highest BCUT2D eigenvalue weighted by Crippen LogP contribution is 2.69. The summed E-state index contributed by atoms with van der Waals surface area (Å²) in [6, 6.07) is 60.2. The van der Waals surface area contributed by atoms with E-state index in [2.05, 4.69) is 181 Å². The lowest BCUT2D eigenvalue weighted by Crippen LogP contribution is -2.55. The van der Waals surface area contributed by atoms with Gasteiger partial charge in [-0.1, -0.05) is 111 Å². The van der Waals surface area contributed by atoms with E-state index in [0.717, 1.165) is 23.7 Å². The van der Waals surface area contributed by atoms with Crippen molar-refractivity contribution in [2.45, 2.75) is 56.8 Å². The third-order valence-electron chi connectivity index (χ3n) is 15.6. The molecule has 1 aromatic heterocycles. The second-order valence-electron chi connectivity index (χ2n) is 18.6. The van der Waals surface area contributed by atoms with Crippen LogP contribution in [0.4, 0.5) is 17.1 Å². The molecule has 0 N–H and O–H groups in total. The summed E-state index contributed by atoms with van der Waals surface area (Å²) in [5, 5.41) is 2.58. The van der Waals surface area contributed by atoms with E-state index in [0.29, 0.717) is 0 Å². The lowest BCUT2D eigenvalue weighted by molar-refractivity contribution is -0.0399. The van der Waals surface area contributed by atoms with Crippen molar-refractivity contribution in [2.75, 3.05) is 4.90 Å². The second kappa shape index (κ2) is 11.4. The molecule has 4 fully saturated rings. The van der Waals surface area contributed by atoms with Crippen LogP contribution in [0.2, 0.25) is 0 Å². The molecule has 4 bridgehead atoms. The van der Waals surface area contributed by atoms with Crippen LogP contribution < -0.4 is 4.90 Å². The molecule has 4 saturated carbocycles. The van der Waals surface area contributed by atoms with Crippen LogP contribution in [0.3, 0.4) is 0 Å². The van der Waals surface area contributed by atoms with E-state index in [9.17, 15) is 0 Å². The van der Waals surface area contributed by atoms with Crippen molar-refractivity contribution in [1.82, 2.24) is 4.57 Å². The number of anilines is 3. The maximum absolute atomic E-state index is 2.57. The van der Waals surface area contributed by atoms with Gasteiger partial charge in [0.1, 0.15) is 0 Å². The molecule has 2 nitrogen and oxygen atoms in total. The highest BCUT2D eigenvalue weighted by Gasteiger charge is 2.61. The Morgan fingerprint density at radius 2 is 0.947 bits per heavy atom. The summed E-state index contributed by atoms with van der Waals surface area (Å²) >= 11 is 0. The van der Waals surface area contributed by atoms with Gasteiger partial charge < -0.3 is 9.47 Å². The molecule has 1 spiro atoms. The van der Waals surface area contributed by atoms with Crippen molar-refractivity contribution in [3.8, 4) is 27.9 Å². The van der Waals surface area contributed by atoms with Gasteiger partial charge in [0.2, 0.25) is 0 Å². The van der Waals surface area contributed by atoms with Crippen molar-refractivity contribution in [3.05, 3.63) is 180 Å². The van der Waals surface area contributed by atoms with Crippen molar-refractivity contribution >= 4 is 38.9 Å². The maximum Gasteiger partial charge on any atom is 0.0541 e. The highest BCUT2D eigenvalue weighted by atomic mass is 15.1. The summed E-state index contributed by atoms with van der Waals surface area (Å²) in [5.41, 5.74) is 19.0. The quantitative estimate of drug-likeness (QED) is 0.175. The Kier molecular flexibility index (Phi) is 6.44. The predicted octanol–water partition coefficient (Wildman–Crippen LogP) is 14.3. The molecule has 0 radical (unpaired) electrons. The van der Waals surface area contributed by atoms with E-state index in [-0.39, 0.29) is 10.8 Å². The summed E-state index contributed by atoms with van der Waals surface area (Å²) < 4.78 is 2.42. The Morgan fingerprint density at radius 3 is 1.63 bits per heavy atom. The lowest BCUT2D eigenvalue weighted by atomic mass is 9.43. The topological polar surface area (TPSA) is 8.17 Å². The second-order valence-corrected chi connectivity index (χ2v) is 18.6. The first-order chi connectivity index (χ1) is 28.0. The summed E-state index contributed by atoms with van der Waals surface area (Å²) in [7, 11) is 0. The van der Waals surface area contributed by atoms with Gasteiger partial charge in [-0.15, -0.1) is 0 Å². The molecule has 57 heavy (non-hydrogen) atoms. The Hall–Kier alpha value is -5.86. The number of rotatable bonds is 4. The normalized spacial score (nSPS) is 24.2. The van der Waals surface area contributed by atoms with Crippen molar-refractivity contribution in [3.63, 3.8) is 0 Å². The number of hydrogen-bond donors (Lipinski definition) is 0. The summed E-state index contributed by atoms with van der Waals surface area (Å²) in [6.07, 6.45) is 7.09. The molecule has 0 amide bonds. The minimum absolute atomic E-state index is 0.0866. The van der Waals surface area contributed by atoms with Crippen molar-refractivity contribution in [2.24, 2.45) is 23.7 Å². The van der Waals surface area contributed by atoms with E-state index in [1.165, 1.54) is 110 Å². The molecule has 6 aliphatic carbocycles. The van der Waals surface area contributed by atoms with Gasteiger partial charge in [0.25, 0.3) is 0 Å². The molecule has 8 aromatic rings. The molecule has 0 unspecified atom stereocenters. The molecule has 0 atom stereocenters. The number of benzene rings is 7. The van der Waals surface area contributed by atoms with Gasteiger partial charge in [-0.25, -0.2) is 0 Å². The molecule has 1 heterocycles. The van der Waals surface area contributed by atoms with Crippen LogP contribution in [0.15, 0.2) is 158 Å². The Morgan fingerprint density at radius 1 is 0.439 bits per heavy atom. The zero-order valence-electron chi connectivity index (χ0n) is 32.8. The Labute approximate surface area is 335 Å². The first-order valence-corrected chi connectivity index (χ1v) is 21.4. The lowest BCUT2D eigenvalue weighted by Gasteiger charge is -2.61. The highest BCUT2D eigenvalue weighted by molar-refractivity contribution is 6.09. The number of fused-ring (bicyclic) bond motifs is 9. The molecule has 0 aliphatic heterocycles. The fraction of sp³-hybridized carbons (Fsp3) is 0.236. The van der Waals surface area contributed by atoms with Crippen LogP contribution in [0.25, 0.3) is 49.7 Å². The fourth-order valence-corrected chi connectivity index (χ4v) is 13.5. The smallest absolute Gasteiger partial charge is 0.0541 e. The van der Waals surface area contributed by atoms with Gasteiger partial charge in [-0.2, -0.15) is 0 Å². The van der Waals surface area contributed by atoms with Gasteiger partial charge in [0, 0.05) is 44.4 Å². The monoisotopic (exact) mass is 734 g/mol. The van der Waals surface area contributed by atoms with E-state index in [1.807, 2.05) is 0 Å². The first kappa shape index (κ1) is 32.2. The van der Waals surface area contributed by atoms with Gasteiger partial charge in [-0.05, 0) is 161 Å². The number of hydrogen-bond acceptors (Lipinski definition) is 1. The molecule has 14 rings (SSSR count). The largest absolute Gasteiger partial charge is 0.310 e. The zero-order valence-corrected chi connectivity index (χ0v) is 32.8. The Bertz CT molecular complexity index is 2880. The minimum atomic E-state index is -0.0866. The zero-order chi connectivity index (χ0) is 37.6. The SMILES string of the molecule is CC1(C)c2ccccc2-c2ccc(N(c3ccc(-n4c5ccccc5c5ccccc54)cc3)c3ccc4c(c3)-c3ccccc3C43C4CC5CC(C4)CC3C5)cc21. The van der Waals surface area contributed by atoms with Crippen LogP contribution in [0.1, 0.15) is 68.2 Å². The van der Waals surface area contributed by atoms with Crippen LogP contribution in [0, 0.1) is 23.7 Å². The van der Waals surface area contributed by atoms with Gasteiger partial charge in [0.05, 0.1) is 11.0 Å². The van der Waals surface area contributed by atoms with E-state index in [4.69, 9.17) is 0 Å². The van der Waals surface area contributed by atoms with E-state index >= 15 is 0 Å². The summed E-state index contributed by atoms with van der Waals surface area (Å²) in [4.78, 5) is 2.53. The molecule has 7 aromatic carbocycles. The fourth-order valence-electron chi connectivity index (χ4n) is 13.5. The number of para-hydroxylation sites is 2. The maximum atomic E-state index is 2.57. The first-order valence-electron chi connectivity index (χ1n) is 21.4. The van der Waals surface area contributed by atoms with Crippen molar-refractivity contribution < 1.29 is 0 Å². The number of aromatic nitrogens is 1. The van der Waals surface area contributed by atoms with Crippen LogP contribution in [0.5, 0.6) is 0 Å². The molecular weight excluding hydrogens is 689 g/mol. The van der Waals surface area contributed by atoms with Gasteiger partial charge in [0.15, 0.2) is 0 Å². The number of nitrogens with zero attached hydrogens (tertiary/aromatic N) is 2. The third-order valence-corrected chi connectivity index (χ3v) is 15.6. The van der Waals surface area contributed by atoms with Gasteiger partial charge in [-0.3, -0.25) is 0 Å². The third kappa shape index (κ3) is 4.21. The molecular formula is C55H46N2. The van der Waals surface area contributed by atoms with E-state index < -0.39 is 0 Å². The molecule has 0 saturated heterocycles. The standard InChI is InChI=1S/C55H46N2/c1-54(2)48-15-7-3-11-42(48)44-25-23-41(33-51(44)54)56(38-19-21-39(22-20-38)57-52-17-9-5-13-45(52)46-14-6-10-18-53(46)57)40-24-26-50-47(32-40)43-12-4-8-16-49(43)55(50)36-28-34-27-35(30-36)31-37(55)29-34/h3-26,32-37H,27-31H2,1-2H3. The van der Waals surface area contributed by atoms with Crippen LogP contribution >= 0.6 is 0 Å². The average molecular weight is 735 g/mol. The molecule has 6 aliphatic rings. The van der Waals surface area contributed by atoms with E-state index in [1.54, 1.807) is 11.1 Å². The summed E-state index contributed by atoms with van der Waals surface area (Å²) in [6.45, 7) is 4.78. The minimum Gasteiger partial charge on any atom is -0.310 e. The predicted molar refractivity (Wildman–Crippen MR) is 236 cm³/mol. The van der Waals surface area contributed by atoms with Crippen LogP contribution in [-0.4, -0.2) is 4.57 Å². The van der Waals surface area contributed by atoms with Gasteiger partial charge >= 0.3 is 0 Å². The Balaban J connectivity index is 0.995. The molecule has 2 heteroatoms. The van der Waals surface area contributed by atoms with Crippen LogP contribution in [-0.2, 0) is 10.8 Å². The average Bonchev–Trinajstić information content (AvgIpc) is 3.82. The van der Waals surface area contributed by atoms with Crippen molar-refractivity contribution in [1.29, 1.82) is 0 Å². The molecule has 276 valence electrons. The summed E-state index contributed by atoms with van der Waals surface area (Å²) in [5.74, 6) is 3.38.